The maximum absolute atomic E-state index is 12.4. The number of esters is 1. The zero-order valence-corrected chi connectivity index (χ0v) is 17.5. The van der Waals surface area contributed by atoms with Gasteiger partial charge in [-0.3, -0.25) is 9.59 Å². The van der Waals surface area contributed by atoms with Crippen molar-refractivity contribution in [2.75, 3.05) is 6.61 Å². The third-order valence-electron chi connectivity index (χ3n) is 9.49. The van der Waals surface area contributed by atoms with Gasteiger partial charge in [-0.05, 0) is 80.0 Å². The number of Topliss-reactive ketones (excluding diaryl/α,β-unsaturated/α-hetero) is 1. The Morgan fingerprint density at radius 3 is 2.32 bits per heavy atom. The molecule has 0 aromatic heterocycles. The second-order valence-corrected chi connectivity index (χ2v) is 10.6. The highest BCUT2D eigenvalue weighted by atomic mass is 16.5. The van der Waals surface area contributed by atoms with Crippen molar-refractivity contribution in [3.05, 3.63) is 0 Å². The van der Waals surface area contributed by atoms with Gasteiger partial charge >= 0.3 is 5.97 Å². The molecule has 0 aliphatic heterocycles. The number of hydrogen-bond acceptors (Lipinski definition) is 5. The first-order valence-electron chi connectivity index (χ1n) is 11.2. The van der Waals surface area contributed by atoms with Crippen molar-refractivity contribution in [1.29, 1.82) is 0 Å². The van der Waals surface area contributed by atoms with Gasteiger partial charge in [0.2, 0.25) is 0 Å². The highest BCUT2D eigenvalue weighted by Crippen LogP contribution is 2.67. The summed E-state index contributed by atoms with van der Waals surface area (Å²) in [6, 6.07) is 0. The van der Waals surface area contributed by atoms with Crippen LogP contribution in [-0.2, 0) is 14.3 Å². The van der Waals surface area contributed by atoms with Crippen LogP contribution in [0.3, 0.4) is 0 Å². The Kier molecular flexibility index (Phi) is 5.15. The van der Waals surface area contributed by atoms with E-state index in [2.05, 4.69) is 13.8 Å². The Labute approximate surface area is 168 Å². The zero-order valence-electron chi connectivity index (χ0n) is 17.5. The van der Waals surface area contributed by atoms with E-state index in [0.29, 0.717) is 17.8 Å². The van der Waals surface area contributed by atoms with E-state index in [9.17, 15) is 19.8 Å². The predicted molar refractivity (Wildman–Crippen MR) is 104 cm³/mol. The van der Waals surface area contributed by atoms with Crippen LogP contribution in [-0.4, -0.2) is 40.8 Å². The Morgan fingerprint density at radius 1 is 0.964 bits per heavy atom. The molecule has 0 aromatic rings. The summed E-state index contributed by atoms with van der Waals surface area (Å²) in [4.78, 5) is 24.3. The number of aliphatic hydroxyl groups excluding tert-OH is 2. The largest absolute Gasteiger partial charge is 0.462 e. The quantitative estimate of drug-likeness (QED) is 0.721. The number of ether oxygens (including phenoxy) is 1. The zero-order chi connectivity index (χ0) is 20.3. The molecule has 5 heteroatoms. The molecule has 4 saturated carbocycles. The van der Waals surface area contributed by atoms with Crippen LogP contribution in [0.15, 0.2) is 0 Å². The number of aliphatic hydroxyl groups is 2. The van der Waals surface area contributed by atoms with Gasteiger partial charge in [0.05, 0.1) is 6.10 Å². The summed E-state index contributed by atoms with van der Waals surface area (Å²) in [6.45, 7) is 5.76. The van der Waals surface area contributed by atoms with E-state index in [1.54, 1.807) is 0 Å². The Hall–Kier alpha value is -0.940. The first-order valence-corrected chi connectivity index (χ1v) is 11.2. The van der Waals surface area contributed by atoms with Crippen LogP contribution in [0, 0.1) is 40.4 Å². The SMILES string of the molecule is CC(=O)O[C@H]1C[C@@H]2[C@H](CC[C@]3(C)[C@@H](C(=O)CO)CC[C@@H]23)[C@@]2(C)CC[C@@H](O)C[C@H]12. The minimum atomic E-state index is -0.352. The average Bonchev–Trinajstić information content (AvgIpc) is 2.99. The maximum Gasteiger partial charge on any atom is 0.302 e. The average molecular weight is 393 g/mol. The van der Waals surface area contributed by atoms with E-state index < -0.39 is 0 Å². The van der Waals surface area contributed by atoms with E-state index in [1.807, 2.05) is 0 Å². The molecule has 0 aromatic carbocycles. The molecule has 0 unspecified atom stereocenters. The van der Waals surface area contributed by atoms with Crippen LogP contribution >= 0.6 is 0 Å². The predicted octanol–water partition coefficient (Wildman–Crippen LogP) is 3.11. The van der Waals surface area contributed by atoms with Crippen LogP contribution in [0.1, 0.15) is 72.1 Å². The minimum absolute atomic E-state index is 0.000623. The normalized spacial score (nSPS) is 50.2. The number of ketones is 1. The summed E-state index contributed by atoms with van der Waals surface area (Å²) >= 11 is 0. The number of carbonyl (C=O) groups is 2. The van der Waals surface area contributed by atoms with Gasteiger partial charge in [-0.25, -0.2) is 0 Å². The van der Waals surface area contributed by atoms with Crippen molar-refractivity contribution >= 4 is 11.8 Å². The van der Waals surface area contributed by atoms with E-state index in [1.165, 1.54) is 6.92 Å². The van der Waals surface area contributed by atoms with Crippen LogP contribution in [0.25, 0.3) is 0 Å². The molecule has 0 amide bonds. The summed E-state index contributed by atoms with van der Waals surface area (Å²) in [7, 11) is 0. The molecule has 4 fully saturated rings. The summed E-state index contributed by atoms with van der Waals surface area (Å²) in [5.74, 6) is 1.43. The molecule has 0 saturated heterocycles. The smallest absolute Gasteiger partial charge is 0.302 e. The van der Waals surface area contributed by atoms with Gasteiger partial charge in [0.1, 0.15) is 12.7 Å². The van der Waals surface area contributed by atoms with Crippen molar-refractivity contribution in [1.82, 2.24) is 0 Å². The van der Waals surface area contributed by atoms with Crippen LogP contribution in [0.2, 0.25) is 0 Å². The van der Waals surface area contributed by atoms with Crippen molar-refractivity contribution in [2.24, 2.45) is 40.4 Å². The van der Waals surface area contributed by atoms with Gasteiger partial charge < -0.3 is 14.9 Å². The molecule has 28 heavy (non-hydrogen) atoms. The van der Waals surface area contributed by atoms with Crippen molar-refractivity contribution in [3.8, 4) is 0 Å². The van der Waals surface area contributed by atoms with Gasteiger partial charge in [-0.1, -0.05) is 13.8 Å². The van der Waals surface area contributed by atoms with Gasteiger partial charge in [0, 0.05) is 18.8 Å². The molecule has 4 aliphatic rings. The maximum atomic E-state index is 12.4. The molecule has 0 heterocycles. The van der Waals surface area contributed by atoms with Gasteiger partial charge in [0.25, 0.3) is 0 Å². The van der Waals surface area contributed by atoms with Crippen molar-refractivity contribution < 1.29 is 24.5 Å². The molecule has 0 spiro atoms. The molecular formula is C23H36O5. The first-order chi connectivity index (χ1) is 13.2. The fourth-order valence-electron chi connectivity index (χ4n) is 8.23. The molecular weight excluding hydrogens is 356 g/mol. The third-order valence-corrected chi connectivity index (χ3v) is 9.49. The Morgan fingerprint density at radius 2 is 1.64 bits per heavy atom. The fraction of sp³-hybridized carbons (Fsp3) is 0.913. The molecule has 0 bridgehead atoms. The van der Waals surface area contributed by atoms with E-state index >= 15 is 0 Å². The third kappa shape index (κ3) is 2.96. The lowest BCUT2D eigenvalue weighted by molar-refractivity contribution is -0.191. The number of hydrogen-bond donors (Lipinski definition) is 2. The molecule has 0 radical (unpaired) electrons. The highest BCUT2D eigenvalue weighted by molar-refractivity contribution is 5.83. The molecule has 2 N–H and O–H groups in total. The van der Waals surface area contributed by atoms with Crippen LogP contribution in [0.4, 0.5) is 0 Å². The summed E-state index contributed by atoms with van der Waals surface area (Å²) in [5.41, 5.74) is 0.0435. The van der Waals surface area contributed by atoms with Crippen molar-refractivity contribution in [2.45, 2.75) is 84.3 Å². The molecule has 158 valence electrons. The summed E-state index contributed by atoms with van der Waals surface area (Å²) in [6.07, 6.45) is 7.03. The second-order valence-electron chi connectivity index (χ2n) is 10.6. The molecule has 9 atom stereocenters. The van der Waals surface area contributed by atoms with Gasteiger partial charge in [-0.2, -0.15) is 0 Å². The van der Waals surface area contributed by atoms with E-state index in [0.717, 1.165) is 51.4 Å². The van der Waals surface area contributed by atoms with Crippen LogP contribution < -0.4 is 0 Å². The summed E-state index contributed by atoms with van der Waals surface area (Å²) < 4.78 is 5.84. The molecule has 4 rings (SSSR count). The lowest BCUT2D eigenvalue weighted by Gasteiger charge is -2.62. The number of fused-ring (bicyclic) bond motifs is 5. The monoisotopic (exact) mass is 392 g/mol. The van der Waals surface area contributed by atoms with Crippen molar-refractivity contribution in [3.63, 3.8) is 0 Å². The molecule has 5 nitrogen and oxygen atoms in total. The van der Waals surface area contributed by atoms with Gasteiger partial charge in [0.15, 0.2) is 5.78 Å². The topological polar surface area (TPSA) is 83.8 Å². The standard InChI is InChI=1S/C23H36O5/c1-13(25)28-21-11-15-16-4-5-18(20(27)12-24)22(16,2)9-7-17(15)23(3)8-6-14(26)10-19(21)23/h14-19,21,24,26H,4-12H2,1-3H3/t14-,15+,16+,17+,18-,19-,21+,22+,23-/m1/s1. The molecule has 4 aliphatic carbocycles. The Bertz CT molecular complexity index is 647. The minimum Gasteiger partial charge on any atom is -0.462 e. The second kappa shape index (κ2) is 7.09. The summed E-state index contributed by atoms with van der Waals surface area (Å²) in [5, 5.41) is 19.8. The highest BCUT2D eigenvalue weighted by Gasteiger charge is 2.63. The lowest BCUT2D eigenvalue weighted by atomic mass is 9.44. The Balaban J connectivity index is 1.67. The van der Waals surface area contributed by atoms with E-state index in [-0.39, 0.29) is 53.2 Å². The van der Waals surface area contributed by atoms with E-state index in [4.69, 9.17) is 4.74 Å². The number of carbonyl (C=O) groups excluding carboxylic acids is 2. The van der Waals surface area contributed by atoms with Gasteiger partial charge in [-0.15, -0.1) is 0 Å². The fourth-order valence-corrected chi connectivity index (χ4v) is 8.23. The first kappa shape index (κ1) is 20.3. The number of rotatable bonds is 3. The van der Waals surface area contributed by atoms with Crippen LogP contribution in [0.5, 0.6) is 0 Å². The lowest BCUT2D eigenvalue weighted by Crippen LogP contribution is -2.59.